The molecular weight excluding hydrogens is 378 g/mol. The predicted octanol–water partition coefficient (Wildman–Crippen LogP) is 3.03. The summed E-state index contributed by atoms with van der Waals surface area (Å²) >= 11 is 5.94. The molecule has 0 bridgehead atoms. The van der Waals surface area contributed by atoms with E-state index in [4.69, 9.17) is 21.5 Å². The molecule has 0 fully saturated rings. The van der Waals surface area contributed by atoms with Crippen molar-refractivity contribution in [3.63, 3.8) is 0 Å². The molecule has 8 heteroatoms. The number of ether oxygens (including phenoxy) is 1. The summed E-state index contributed by atoms with van der Waals surface area (Å²) in [5.74, 6) is -1.29. The summed E-state index contributed by atoms with van der Waals surface area (Å²) in [6.45, 7) is 5.24. The van der Waals surface area contributed by atoms with E-state index in [9.17, 15) is 18.0 Å². The maximum absolute atomic E-state index is 12.5. The van der Waals surface area contributed by atoms with E-state index >= 15 is 0 Å². The average Bonchev–Trinajstić information content (AvgIpc) is 2.55. The van der Waals surface area contributed by atoms with Crippen LogP contribution in [0.5, 0.6) is 0 Å². The van der Waals surface area contributed by atoms with Gasteiger partial charge in [0.05, 0.1) is 15.5 Å². The molecule has 2 N–H and O–H groups in total. The molecule has 2 aromatic carbocycles. The van der Waals surface area contributed by atoms with Crippen LogP contribution >= 0.6 is 11.6 Å². The van der Waals surface area contributed by atoms with E-state index in [-0.39, 0.29) is 21.3 Å². The molecule has 0 aliphatic heterocycles. The first-order valence-electron chi connectivity index (χ1n) is 7.65. The van der Waals surface area contributed by atoms with Crippen molar-refractivity contribution in [3.8, 4) is 0 Å². The molecule has 2 aromatic rings. The molecule has 1 unspecified atom stereocenters. The monoisotopic (exact) mass is 395 g/mol. The quantitative estimate of drug-likeness (QED) is 0.619. The number of carbonyl (C=O) groups is 2. The van der Waals surface area contributed by atoms with Crippen LogP contribution in [0.1, 0.15) is 38.8 Å². The minimum absolute atomic E-state index is 0.00627. The van der Waals surface area contributed by atoms with Crippen molar-refractivity contribution in [2.75, 3.05) is 0 Å². The summed E-state index contributed by atoms with van der Waals surface area (Å²) in [5, 5.41) is 5.04. The van der Waals surface area contributed by atoms with Gasteiger partial charge in [-0.3, -0.25) is 4.79 Å². The second-order valence-corrected chi connectivity index (χ2v) is 7.87. The molecule has 0 aliphatic carbocycles. The molecule has 0 saturated carbocycles. The van der Waals surface area contributed by atoms with Crippen molar-refractivity contribution in [1.29, 1.82) is 0 Å². The zero-order valence-corrected chi connectivity index (χ0v) is 16.0. The molecule has 6 nitrogen and oxygen atoms in total. The van der Waals surface area contributed by atoms with Crippen LogP contribution in [0, 0.1) is 13.8 Å². The van der Waals surface area contributed by atoms with Gasteiger partial charge in [-0.2, -0.15) is 0 Å². The van der Waals surface area contributed by atoms with Crippen molar-refractivity contribution in [2.24, 2.45) is 5.14 Å². The number of hydrogen-bond donors (Lipinski definition) is 1. The van der Waals surface area contributed by atoms with Gasteiger partial charge < -0.3 is 4.74 Å². The van der Waals surface area contributed by atoms with Crippen LogP contribution in [-0.2, 0) is 14.8 Å². The standard InChI is InChI=1S/C18H18ClNO5S/c1-10-4-5-13(8-11(10)2)17(21)12(3)25-18(22)15-9-14(26(20,23)24)6-7-16(15)19/h4-9,12H,1-3H3,(H2,20,23,24). The van der Waals surface area contributed by atoms with Gasteiger partial charge in [0.15, 0.2) is 6.10 Å². The number of ketones is 1. The van der Waals surface area contributed by atoms with E-state index in [0.29, 0.717) is 5.56 Å². The average molecular weight is 396 g/mol. The van der Waals surface area contributed by atoms with Crippen LogP contribution in [0.3, 0.4) is 0 Å². The summed E-state index contributed by atoms with van der Waals surface area (Å²) in [5.41, 5.74) is 2.21. The molecule has 26 heavy (non-hydrogen) atoms. The lowest BCUT2D eigenvalue weighted by Crippen LogP contribution is -2.25. The maximum Gasteiger partial charge on any atom is 0.340 e. The Labute approximate surface area is 157 Å². The zero-order chi connectivity index (χ0) is 19.6. The molecule has 1 atom stereocenters. The highest BCUT2D eigenvalue weighted by atomic mass is 35.5. The number of primary sulfonamides is 1. The van der Waals surface area contributed by atoms with Gasteiger partial charge in [-0.1, -0.05) is 23.7 Å². The van der Waals surface area contributed by atoms with E-state index in [1.807, 2.05) is 19.9 Å². The topological polar surface area (TPSA) is 104 Å². The second kappa shape index (κ2) is 7.57. The number of halogens is 1. The van der Waals surface area contributed by atoms with Gasteiger partial charge in [-0.25, -0.2) is 18.4 Å². The van der Waals surface area contributed by atoms with Crippen LogP contribution in [-0.4, -0.2) is 26.3 Å². The predicted molar refractivity (Wildman–Crippen MR) is 97.9 cm³/mol. The third kappa shape index (κ3) is 4.49. The Morgan fingerprint density at radius 3 is 2.31 bits per heavy atom. The first-order valence-corrected chi connectivity index (χ1v) is 9.58. The van der Waals surface area contributed by atoms with Gasteiger partial charge in [0, 0.05) is 5.56 Å². The molecule has 0 amide bonds. The lowest BCUT2D eigenvalue weighted by molar-refractivity contribution is 0.0318. The minimum Gasteiger partial charge on any atom is -0.451 e. The van der Waals surface area contributed by atoms with Crippen LogP contribution in [0.15, 0.2) is 41.3 Å². The Morgan fingerprint density at radius 2 is 1.73 bits per heavy atom. The highest BCUT2D eigenvalue weighted by Gasteiger charge is 2.23. The highest BCUT2D eigenvalue weighted by molar-refractivity contribution is 7.89. The third-order valence-corrected chi connectivity index (χ3v) is 5.17. The molecule has 0 heterocycles. The maximum atomic E-state index is 12.5. The second-order valence-electron chi connectivity index (χ2n) is 5.90. The van der Waals surface area contributed by atoms with Crippen LogP contribution in [0.4, 0.5) is 0 Å². The Bertz CT molecular complexity index is 985. The fourth-order valence-corrected chi connectivity index (χ4v) is 2.98. The fraction of sp³-hybridized carbons (Fsp3) is 0.222. The lowest BCUT2D eigenvalue weighted by atomic mass is 10.0. The Kier molecular flexibility index (Phi) is 5.85. The zero-order valence-electron chi connectivity index (χ0n) is 14.4. The molecule has 2 rings (SSSR count). The molecular formula is C18H18ClNO5S. The van der Waals surface area contributed by atoms with Crippen molar-refractivity contribution < 1.29 is 22.7 Å². The summed E-state index contributed by atoms with van der Waals surface area (Å²) in [7, 11) is -4.01. The van der Waals surface area contributed by atoms with E-state index in [2.05, 4.69) is 0 Å². The van der Waals surface area contributed by atoms with Gasteiger partial charge in [0.2, 0.25) is 15.8 Å². The van der Waals surface area contributed by atoms with E-state index in [0.717, 1.165) is 17.2 Å². The Hall–Kier alpha value is -2.22. The van der Waals surface area contributed by atoms with Crippen molar-refractivity contribution in [2.45, 2.75) is 31.8 Å². The molecule has 0 spiro atoms. The summed E-state index contributed by atoms with van der Waals surface area (Å²) in [4.78, 5) is 24.5. The number of aryl methyl sites for hydroxylation is 2. The number of nitrogens with two attached hydrogens (primary N) is 1. The van der Waals surface area contributed by atoms with Gasteiger partial charge in [0.25, 0.3) is 0 Å². The van der Waals surface area contributed by atoms with Crippen molar-refractivity contribution >= 4 is 33.4 Å². The Morgan fingerprint density at radius 1 is 1.08 bits per heavy atom. The number of carbonyl (C=O) groups excluding carboxylic acids is 2. The smallest absolute Gasteiger partial charge is 0.340 e. The summed E-state index contributed by atoms with van der Waals surface area (Å²) < 4.78 is 28.0. The van der Waals surface area contributed by atoms with Gasteiger partial charge in [-0.15, -0.1) is 0 Å². The number of benzene rings is 2. The van der Waals surface area contributed by atoms with Crippen molar-refractivity contribution in [1.82, 2.24) is 0 Å². The largest absolute Gasteiger partial charge is 0.451 e. The fourth-order valence-electron chi connectivity index (χ4n) is 2.24. The third-order valence-electron chi connectivity index (χ3n) is 3.93. The van der Waals surface area contributed by atoms with Crippen LogP contribution in [0.2, 0.25) is 5.02 Å². The van der Waals surface area contributed by atoms with Crippen LogP contribution in [0.25, 0.3) is 0 Å². The number of sulfonamides is 1. The molecule has 0 aliphatic rings. The number of Topliss-reactive ketones (excluding diaryl/α,β-unsaturated/α-hetero) is 1. The molecule has 0 radical (unpaired) electrons. The number of hydrogen-bond acceptors (Lipinski definition) is 5. The number of esters is 1. The van der Waals surface area contributed by atoms with E-state index < -0.39 is 22.1 Å². The van der Waals surface area contributed by atoms with Gasteiger partial charge in [-0.05, 0) is 56.2 Å². The normalized spacial score (nSPS) is 12.5. The van der Waals surface area contributed by atoms with Gasteiger partial charge >= 0.3 is 5.97 Å². The lowest BCUT2D eigenvalue weighted by Gasteiger charge is -2.14. The SMILES string of the molecule is Cc1ccc(C(=O)C(C)OC(=O)c2cc(S(N)(=O)=O)ccc2Cl)cc1C. The molecule has 0 aromatic heterocycles. The van der Waals surface area contributed by atoms with E-state index in [1.165, 1.54) is 19.1 Å². The van der Waals surface area contributed by atoms with E-state index in [1.54, 1.807) is 12.1 Å². The summed E-state index contributed by atoms with van der Waals surface area (Å²) in [6, 6.07) is 8.61. The number of rotatable bonds is 5. The summed E-state index contributed by atoms with van der Waals surface area (Å²) in [6.07, 6.45) is -1.07. The van der Waals surface area contributed by atoms with Gasteiger partial charge in [0.1, 0.15) is 0 Å². The van der Waals surface area contributed by atoms with Crippen molar-refractivity contribution in [3.05, 3.63) is 63.7 Å². The molecule has 138 valence electrons. The first-order chi connectivity index (χ1) is 12.0. The Balaban J connectivity index is 2.23. The highest BCUT2D eigenvalue weighted by Crippen LogP contribution is 2.22. The minimum atomic E-state index is -4.01. The first kappa shape index (κ1) is 20.1. The van der Waals surface area contributed by atoms with Crippen LogP contribution < -0.4 is 5.14 Å². The molecule has 0 saturated heterocycles.